The number of methoxy groups -OCH3 is 1. The SMILES string of the molecule is COc1ccc(S(=O)(=O)N2CCC(C(C)N)C2)cc1. The van der Waals surface area contributed by atoms with E-state index in [1.54, 1.807) is 31.4 Å². The van der Waals surface area contributed by atoms with Crippen LogP contribution in [0.3, 0.4) is 0 Å². The Labute approximate surface area is 114 Å². The van der Waals surface area contributed by atoms with E-state index in [4.69, 9.17) is 10.5 Å². The Morgan fingerprint density at radius 3 is 2.47 bits per heavy atom. The second-order valence-corrected chi connectivity index (χ2v) is 6.88. The first-order valence-corrected chi connectivity index (χ1v) is 7.79. The van der Waals surface area contributed by atoms with Crippen molar-refractivity contribution in [2.45, 2.75) is 24.3 Å². The summed E-state index contributed by atoms with van der Waals surface area (Å²) in [6.07, 6.45) is 0.826. The summed E-state index contributed by atoms with van der Waals surface area (Å²) in [4.78, 5) is 0.304. The van der Waals surface area contributed by atoms with Crippen LogP contribution in [-0.4, -0.2) is 39.0 Å². The third kappa shape index (κ3) is 2.91. The number of nitrogens with zero attached hydrogens (tertiary/aromatic N) is 1. The fourth-order valence-electron chi connectivity index (χ4n) is 2.30. The topological polar surface area (TPSA) is 72.6 Å². The van der Waals surface area contributed by atoms with Crippen molar-refractivity contribution in [3.63, 3.8) is 0 Å². The molecule has 1 aromatic rings. The van der Waals surface area contributed by atoms with Crippen molar-refractivity contribution in [2.75, 3.05) is 20.2 Å². The van der Waals surface area contributed by atoms with Gasteiger partial charge in [0.05, 0.1) is 12.0 Å². The van der Waals surface area contributed by atoms with Crippen molar-refractivity contribution in [3.8, 4) is 5.75 Å². The molecule has 0 spiro atoms. The van der Waals surface area contributed by atoms with Gasteiger partial charge in [0.2, 0.25) is 10.0 Å². The molecule has 0 radical (unpaired) electrons. The zero-order valence-electron chi connectivity index (χ0n) is 11.2. The predicted octanol–water partition coefficient (Wildman–Crippen LogP) is 1.05. The van der Waals surface area contributed by atoms with Crippen LogP contribution >= 0.6 is 0 Å². The van der Waals surface area contributed by atoms with Gasteiger partial charge in [-0.1, -0.05) is 0 Å². The lowest BCUT2D eigenvalue weighted by Gasteiger charge is -2.18. The molecule has 106 valence electrons. The van der Waals surface area contributed by atoms with Crippen LogP contribution in [0.1, 0.15) is 13.3 Å². The van der Waals surface area contributed by atoms with E-state index in [-0.39, 0.29) is 12.0 Å². The van der Waals surface area contributed by atoms with Gasteiger partial charge in [0.1, 0.15) is 5.75 Å². The van der Waals surface area contributed by atoms with Gasteiger partial charge in [-0.3, -0.25) is 0 Å². The molecule has 2 unspecified atom stereocenters. The Hall–Kier alpha value is -1.11. The van der Waals surface area contributed by atoms with Crippen LogP contribution < -0.4 is 10.5 Å². The maximum absolute atomic E-state index is 12.4. The molecule has 0 amide bonds. The highest BCUT2D eigenvalue weighted by Crippen LogP contribution is 2.26. The predicted molar refractivity (Wildman–Crippen MR) is 73.5 cm³/mol. The average molecular weight is 284 g/mol. The number of hydrogen-bond acceptors (Lipinski definition) is 4. The monoisotopic (exact) mass is 284 g/mol. The van der Waals surface area contributed by atoms with E-state index in [0.29, 0.717) is 23.7 Å². The molecule has 1 aliphatic rings. The molecule has 6 heteroatoms. The molecular formula is C13H20N2O3S. The quantitative estimate of drug-likeness (QED) is 0.897. The molecule has 0 aromatic heterocycles. The van der Waals surface area contributed by atoms with Crippen LogP contribution in [0.5, 0.6) is 5.75 Å². The molecule has 2 atom stereocenters. The standard InChI is InChI=1S/C13H20N2O3S/c1-10(14)11-7-8-15(9-11)19(16,17)13-5-3-12(18-2)4-6-13/h3-6,10-11H,7-9,14H2,1-2H3. The molecule has 0 bridgehead atoms. The summed E-state index contributed by atoms with van der Waals surface area (Å²) in [5.74, 6) is 0.891. The number of ether oxygens (including phenoxy) is 1. The number of benzene rings is 1. The van der Waals surface area contributed by atoms with E-state index in [1.165, 1.54) is 4.31 Å². The first-order valence-electron chi connectivity index (χ1n) is 6.35. The van der Waals surface area contributed by atoms with Crippen LogP contribution in [0.15, 0.2) is 29.2 Å². The van der Waals surface area contributed by atoms with Gasteiger partial charge in [0.15, 0.2) is 0 Å². The van der Waals surface area contributed by atoms with Crippen molar-refractivity contribution in [1.82, 2.24) is 4.31 Å². The highest BCUT2D eigenvalue weighted by atomic mass is 32.2. The molecule has 19 heavy (non-hydrogen) atoms. The summed E-state index contributed by atoms with van der Waals surface area (Å²) >= 11 is 0. The Balaban J connectivity index is 2.18. The molecule has 1 aliphatic heterocycles. The maximum Gasteiger partial charge on any atom is 0.243 e. The fraction of sp³-hybridized carbons (Fsp3) is 0.538. The molecule has 0 saturated carbocycles. The lowest BCUT2D eigenvalue weighted by Crippen LogP contribution is -2.33. The lowest BCUT2D eigenvalue weighted by atomic mass is 10.0. The van der Waals surface area contributed by atoms with Gasteiger partial charge in [0.25, 0.3) is 0 Å². The molecule has 1 heterocycles. The highest BCUT2D eigenvalue weighted by molar-refractivity contribution is 7.89. The Kier molecular flexibility index (Phi) is 4.13. The van der Waals surface area contributed by atoms with Crippen molar-refractivity contribution in [1.29, 1.82) is 0 Å². The number of sulfonamides is 1. The van der Waals surface area contributed by atoms with Gasteiger partial charge in [-0.2, -0.15) is 4.31 Å². The Bertz CT molecular complexity index is 525. The van der Waals surface area contributed by atoms with Gasteiger partial charge in [-0.05, 0) is 43.5 Å². The second kappa shape index (κ2) is 5.48. The van der Waals surface area contributed by atoms with Gasteiger partial charge < -0.3 is 10.5 Å². The zero-order chi connectivity index (χ0) is 14.0. The van der Waals surface area contributed by atoms with Crippen LogP contribution in [0.2, 0.25) is 0 Å². The Morgan fingerprint density at radius 1 is 1.37 bits per heavy atom. The van der Waals surface area contributed by atoms with Gasteiger partial charge in [-0.15, -0.1) is 0 Å². The van der Waals surface area contributed by atoms with Gasteiger partial charge >= 0.3 is 0 Å². The molecular weight excluding hydrogens is 264 g/mol. The first kappa shape index (κ1) is 14.3. The average Bonchev–Trinajstić information content (AvgIpc) is 2.89. The second-order valence-electron chi connectivity index (χ2n) is 4.95. The molecule has 2 rings (SSSR count). The maximum atomic E-state index is 12.4. The van der Waals surface area contributed by atoms with E-state index >= 15 is 0 Å². The van der Waals surface area contributed by atoms with Crippen molar-refractivity contribution in [2.24, 2.45) is 11.7 Å². The number of nitrogens with two attached hydrogens (primary N) is 1. The van der Waals surface area contributed by atoms with Gasteiger partial charge in [0, 0.05) is 19.1 Å². The molecule has 1 aromatic carbocycles. The lowest BCUT2D eigenvalue weighted by molar-refractivity contribution is 0.414. The van der Waals surface area contributed by atoms with E-state index in [1.807, 2.05) is 6.92 Å². The first-order chi connectivity index (χ1) is 8.95. The van der Waals surface area contributed by atoms with Crippen LogP contribution in [-0.2, 0) is 10.0 Å². The number of hydrogen-bond donors (Lipinski definition) is 1. The zero-order valence-corrected chi connectivity index (χ0v) is 12.1. The van der Waals surface area contributed by atoms with Crippen LogP contribution in [0.4, 0.5) is 0 Å². The normalized spacial score (nSPS) is 22.4. The smallest absolute Gasteiger partial charge is 0.243 e. The summed E-state index contributed by atoms with van der Waals surface area (Å²) in [5.41, 5.74) is 5.84. The van der Waals surface area contributed by atoms with E-state index in [0.717, 1.165) is 6.42 Å². The van der Waals surface area contributed by atoms with Gasteiger partial charge in [-0.25, -0.2) is 8.42 Å². The van der Waals surface area contributed by atoms with Crippen molar-refractivity contribution < 1.29 is 13.2 Å². The minimum atomic E-state index is -3.41. The molecule has 1 fully saturated rings. The third-order valence-corrected chi connectivity index (χ3v) is 5.51. The summed E-state index contributed by atoms with van der Waals surface area (Å²) in [6.45, 7) is 2.97. The van der Waals surface area contributed by atoms with Crippen molar-refractivity contribution >= 4 is 10.0 Å². The molecule has 1 saturated heterocycles. The minimum Gasteiger partial charge on any atom is -0.497 e. The highest BCUT2D eigenvalue weighted by Gasteiger charge is 2.33. The van der Waals surface area contributed by atoms with E-state index in [9.17, 15) is 8.42 Å². The largest absolute Gasteiger partial charge is 0.497 e. The van der Waals surface area contributed by atoms with Crippen molar-refractivity contribution in [3.05, 3.63) is 24.3 Å². The Morgan fingerprint density at radius 2 is 2.00 bits per heavy atom. The van der Waals surface area contributed by atoms with Crippen LogP contribution in [0.25, 0.3) is 0 Å². The van der Waals surface area contributed by atoms with E-state index in [2.05, 4.69) is 0 Å². The number of rotatable bonds is 4. The molecule has 2 N–H and O–H groups in total. The summed E-state index contributed by atoms with van der Waals surface area (Å²) in [5, 5.41) is 0. The summed E-state index contributed by atoms with van der Waals surface area (Å²) in [6, 6.07) is 6.50. The minimum absolute atomic E-state index is 0.0241. The third-order valence-electron chi connectivity index (χ3n) is 3.63. The summed E-state index contributed by atoms with van der Waals surface area (Å²) in [7, 11) is -1.86. The van der Waals surface area contributed by atoms with E-state index < -0.39 is 10.0 Å². The van der Waals surface area contributed by atoms with Crippen LogP contribution in [0, 0.1) is 5.92 Å². The fourth-order valence-corrected chi connectivity index (χ4v) is 3.81. The molecule has 5 nitrogen and oxygen atoms in total. The summed E-state index contributed by atoms with van der Waals surface area (Å²) < 4.78 is 31.4. The molecule has 0 aliphatic carbocycles.